The smallest absolute Gasteiger partial charge is 0.161 e. The van der Waals surface area contributed by atoms with Crippen LogP contribution >= 0.6 is 27.3 Å². The Balaban J connectivity index is 2.03. The molecule has 5 heteroatoms. The molecule has 0 aliphatic carbocycles. The third kappa shape index (κ3) is 3.72. The van der Waals surface area contributed by atoms with E-state index in [2.05, 4.69) is 38.1 Å². The van der Waals surface area contributed by atoms with Gasteiger partial charge in [0.05, 0.1) is 14.2 Å². The number of hydrogen-bond donors (Lipinski definition) is 1. The normalized spacial score (nSPS) is 10.5. The molecule has 1 N–H and O–H groups in total. The van der Waals surface area contributed by atoms with Crippen LogP contribution in [0, 0.1) is 0 Å². The molecular weight excluding hydrogens is 326 g/mol. The van der Waals surface area contributed by atoms with Gasteiger partial charge in [-0.3, -0.25) is 0 Å². The van der Waals surface area contributed by atoms with E-state index < -0.39 is 0 Å². The maximum absolute atomic E-state index is 5.31. The van der Waals surface area contributed by atoms with Crippen LogP contribution in [0.3, 0.4) is 0 Å². The highest BCUT2D eigenvalue weighted by Crippen LogP contribution is 2.33. The molecule has 0 spiro atoms. The van der Waals surface area contributed by atoms with Crippen molar-refractivity contribution in [3.8, 4) is 11.5 Å². The van der Waals surface area contributed by atoms with Gasteiger partial charge in [0.2, 0.25) is 0 Å². The van der Waals surface area contributed by atoms with Gasteiger partial charge in [0.15, 0.2) is 11.5 Å². The van der Waals surface area contributed by atoms with E-state index in [1.807, 2.05) is 12.1 Å². The van der Waals surface area contributed by atoms with Crippen LogP contribution in [0.2, 0.25) is 0 Å². The summed E-state index contributed by atoms with van der Waals surface area (Å²) in [6, 6.07) is 6.05. The summed E-state index contributed by atoms with van der Waals surface area (Å²) in [5, 5.41) is 7.65. The molecular formula is C14H16BrNO2S. The number of thiophene rings is 1. The summed E-state index contributed by atoms with van der Waals surface area (Å²) in [4.78, 5) is 0. The molecule has 2 aromatic rings. The lowest BCUT2D eigenvalue weighted by atomic mass is 10.2. The molecule has 0 saturated carbocycles. The highest BCUT2D eigenvalue weighted by molar-refractivity contribution is 9.10. The first-order valence-corrected chi connectivity index (χ1v) is 7.60. The van der Waals surface area contributed by atoms with Crippen molar-refractivity contribution in [2.75, 3.05) is 14.2 Å². The monoisotopic (exact) mass is 341 g/mol. The van der Waals surface area contributed by atoms with E-state index in [4.69, 9.17) is 9.47 Å². The maximum Gasteiger partial charge on any atom is 0.161 e. The fourth-order valence-corrected chi connectivity index (χ4v) is 2.90. The number of halogens is 1. The molecule has 3 nitrogen and oxygen atoms in total. The highest BCUT2D eigenvalue weighted by Gasteiger charge is 2.09. The fourth-order valence-electron chi connectivity index (χ4n) is 1.77. The Hall–Kier alpha value is -1.04. The minimum Gasteiger partial charge on any atom is -0.493 e. The summed E-state index contributed by atoms with van der Waals surface area (Å²) in [7, 11) is 3.28. The molecule has 0 radical (unpaired) electrons. The number of benzene rings is 1. The van der Waals surface area contributed by atoms with Crippen molar-refractivity contribution in [1.29, 1.82) is 0 Å². The lowest BCUT2D eigenvalue weighted by Gasteiger charge is -2.12. The zero-order chi connectivity index (χ0) is 13.7. The summed E-state index contributed by atoms with van der Waals surface area (Å²) in [6.07, 6.45) is 0. The Morgan fingerprint density at radius 3 is 2.53 bits per heavy atom. The first kappa shape index (κ1) is 14.4. The lowest BCUT2D eigenvalue weighted by molar-refractivity contribution is 0.354. The summed E-state index contributed by atoms with van der Waals surface area (Å²) in [6.45, 7) is 1.64. The Bertz CT molecular complexity index is 528. The second-order valence-electron chi connectivity index (χ2n) is 4.03. The molecule has 1 aromatic heterocycles. The van der Waals surface area contributed by atoms with E-state index in [9.17, 15) is 0 Å². The van der Waals surface area contributed by atoms with Crippen molar-refractivity contribution in [3.63, 3.8) is 0 Å². The second kappa shape index (κ2) is 6.93. The number of methoxy groups -OCH3 is 2. The van der Waals surface area contributed by atoms with Crippen LogP contribution < -0.4 is 14.8 Å². The van der Waals surface area contributed by atoms with Gasteiger partial charge in [-0.25, -0.2) is 0 Å². The quantitative estimate of drug-likeness (QED) is 0.866. The minimum atomic E-state index is 0.732. The molecule has 0 aliphatic heterocycles. The minimum absolute atomic E-state index is 0.732. The zero-order valence-corrected chi connectivity index (χ0v) is 13.3. The zero-order valence-electron chi connectivity index (χ0n) is 10.9. The predicted octanol–water partition coefficient (Wildman–Crippen LogP) is 3.82. The summed E-state index contributed by atoms with van der Waals surface area (Å²) in [5.41, 5.74) is 2.45. The van der Waals surface area contributed by atoms with Crippen molar-refractivity contribution in [2.45, 2.75) is 13.1 Å². The molecule has 0 amide bonds. The second-order valence-corrected chi connectivity index (χ2v) is 5.67. The summed E-state index contributed by atoms with van der Waals surface area (Å²) in [5.74, 6) is 1.48. The SMILES string of the molecule is COc1cc(Br)c(CNCc2ccsc2)cc1OC. The van der Waals surface area contributed by atoms with Crippen LogP contribution in [0.1, 0.15) is 11.1 Å². The third-order valence-electron chi connectivity index (χ3n) is 2.78. The van der Waals surface area contributed by atoms with E-state index in [0.717, 1.165) is 34.6 Å². The van der Waals surface area contributed by atoms with E-state index in [-0.39, 0.29) is 0 Å². The standard InChI is InChI=1S/C14H16BrNO2S/c1-17-13-5-11(12(15)6-14(13)18-2)8-16-7-10-3-4-19-9-10/h3-6,9,16H,7-8H2,1-2H3. The van der Waals surface area contributed by atoms with E-state index in [0.29, 0.717) is 0 Å². The van der Waals surface area contributed by atoms with Crippen LogP contribution in [0.25, 0.3) is 0 Å². The van der Waals surface area contributed by atoms with Crippen LogP contribution in [0.4, 0.5) is 0 Å². The van der Waals surface area contributed by atoms with Gasteiger partial charge in [-0.1, -0.05) is 15.9 Å². The highest BCUT2D eigenvalue weighted by atomic mass is 79.9. The van der Waals surface area contributed by atoms with E-state index >= 15 is 0 Å². The van der Waals surface area contributed by atoms with E-state index in [1.54, 1.807) is 25.6 Å². The van der Waals surface area contributed by atoms with Gasteiger partial charge in [-0.2, -0.15) is 11.3 Å². The summed E-state index contributed by atoms with van der Waals surface area (Å²) >= 11 is 5.27. The van der Waals surface area contributed by atoms with Crippen LogP contribution in [0.5, 0.6) is 11.5 Å². The number of ether oxygens (including phenoxy) is 2. The van der Waals surface area contributed by atoms with Crippen molar-refractivity contribution >= 4 is 27.3 Å². The summed E-state index contributed by atoms with van der Waals surface area (Å²) < 4.78 is 11.6. The van der Waals surface area contributed by atoms with Gasteiger partial charge in [0.25, 0.3) is 0 Å². The third-order valence-corrected chi connectivity index (χ3v) is 4.25. The van der Waals surface area contributed by atoms with Crippen molar-refractivity contribution in [3.05, 3.63) is 44.6 Å². The average molecular weight is 342 g/mol. The molecule has 2 rings (SSSR count). The van der Waals surface area contributed by atoms with Crippen molar-refractivity contribution < 1.29 is 9.47 Å². The average Bonchev–Trinajstić information content (AvgIpc) is 2.93. The van der Waals surface area contributed by atoms with Gasteiger partial charge in [-0.15, -0.1) is 0 Å². The number of nitrogens with one attached hydrogen (secondary N) is 1. The largest absolute Gasteiger partial charge is 0.493 e. The van der Waals surface area contributed by atoms with Crippen LogP contribution in [-0.4, -0.2) is 14.2 Å². The first-order valence-electron chi connectivity index (χ1n) is 5.86. The van der Waals surface area contributed by atoms with Gasteiger partial charge in [0.1, 0.15) is 0 Å². The molecule has 0 atom stereocenters. The Labute approximate surface area is 125 Å². The predicted molar refractivity (Wildman–Crippen MR) is 82.1 cm³/mol. The van der Waals surface area contributed by atoms with Gasteiger partial charge in [-0.05, 0) is 40.1 Å². The number of hydrogen-bond acceptors (Lipinski definition) is 4. The maximum atomic E-state index is 5.31. The molecule has 0 saturated heterocycles. The molecule has 19 heavy (non-hydrogen) atoms. The molecule has 0 fully saturated rings. The van der Waals surface area contributed by atoms with E-state index in [1.165, 1.54) is 5.56 Å². The molecule has 0 aliphatic rings. The number of rotatable bonds is 6. The van der Waals surface area contributed by atoms with Crippen molar-refractivity contribution in [2.24, 2.45) is 0 Å². The molecule has 102 valence electrons. The van der Waals surface area contributed by atoms with Crippen molar-refractivity contribution in [1.82, 2.24) is 5.32 Å². The van der Waals surface area contributed by atoms with Gasteiger partial charge < -0.3 is 14.8 Å². The first-order chi connectivity index (χ1) is 9.24. The fraction of sp³-hybridized carbons (Fsp3) is 0.286. The van der Waals surface area contributed by atoms with Gasteiger partial charge in [0, 0.05) is 17.6 Å². The molecule has 0 bridgehead atoms. The molecule has 1 aromatic carbocycles. The van der Waals surface area contributed by atoms with Crippen LogP contribution in [-0.2, 0) is 13.1 Å². The van der Waals surface area contributed by atoms with Gasteiger partial charge >= 0.3 is 0 Å². The Kier molecular flexibility index (Phi) is 5.24. The Morgan fingerprint density at radius 1 is 1.16 bits per heavy atom. The Morgan fingerprint density at radius 2 is 1.89 bits per heavy atom. The lowest BCUT2D eigenvalue weighted by Crippen LogP contribution is -2.12. The topological polar surface area (TPSA) is 30.5 Å². The molecule has 0 unspecified atom stereocenters. The molecule has 1 heterocycles. The van der Waals surface area contributed by atoms with Crippen LogP contribution in [0.15, 0.2) is 33.4 Å².